The fourth-order valence-electron chi connectivity index (χ4n) is 2.15. The number of phenols is 1. The molecule has 0 aliphatic heterocycles. The molecule has 0 aliphatic carbocycles. The first-order valence-electron chi connectivity index (χ1n) is 7.04. The highest BCUT2D eigenvalue weighted by Gasteiger charge is 2.14. The van der Waals surface area contributed by atoms with Crippen molar-refractivity contribution in [1.29, 1.82) is 0 Å². The minimum absolute atomic E-state index is 0.0631. The molecule has 0 unspecified atom stereocenters. The Morgan fingerprint density at radius 3 is 2.85 bits per heavy atom. The summed E-state index contributed by atoms with van der Waals surface area (Å²) in [6, 6.07) is 9.28. The third-order valence-electron chi connectivity index (χ3n) is 3.36. The lowest BCUT2D eigenvalue weighted by Gasteiger charge is -2.02. The number of rotatable bonds is 4. The van der Waals surface area contributed by atoms with Crippen molar-refractivity contribution >= 4 is 67.3 Å². The summed E-state index contributed by atoms with van der Waals surface area (Å²) in [6.07, 6.45) is 1.13. The molecule has 3 rings (SSSR count). The molecule has 0 fully saturated rings. The van der Waals surface area contributed by atoms with Gasteiger partial charge in [0.25, 0.3) is 5.69 Å². The van der Waals surface area contributed by atoms with Crippen LogP contribution in [0.3, 0.4) is 0 Å². The number of hydrogen-bond donors (Lipinski definition) is 2. The summed E-state index contributed by atoms with van der Waals surface area (Å²) in [4.78, 5) is 22.4. The lowest BCUT2D eigenvalue weighted by Crippen LogP contribution is -2.16. The van der Waals surface area contributed by atoms with E-state index in [0.29, 0.717) is 9.15 Å². The van der Waals surface area contributed by atoms with Gasteiger partial charge in [0.05, 0.1) is 14.7 Å². The van der Waals surface area contributed by atoms with E-state index < -0.39 is 10.8 Å². The smallest absolute Gasteiger partial charge is 0.307 e. The van der Waals surface area contributed by atoms with Crippen molar-refractivity contribution in [3.63, 3.8) is 0 Å². The number of nitrogens with zero attached hydrogens (tertiary/aromatic N) is 2. The van der Waals surface area contributed by atoms with Crippen molar-refractivity contribution in [2.45, 2.75) is 0 Å². The highest BCUT2D eigenvalue weighted by atomic mass is 127. The molecule has 3 aromatic rings. The Morgan fingerprint density at radius 2 is 2.12 bits per heavy atom. The molecule has 1 aromatic heterocycles. The van der Waals surface area contributed by atoms with E-state index in [4.69, 9.17) is 4.42 Å². The molecule has 8 nitrogen and oxygen atoms in total. The molecule has 0 bridgehead atoms. The van der Waals surface area contributed by atoms with E-state index >= 15 is 0 Å². The molecule has 0 atom stereocenters. The number of phenolic OH excluding ortho intramolecular Hbond substituents is 1. The van der Waals surface area contributed by atoms with E-state index in [2.05, 4.69) is 26.5 Å². The van der Waals surface area contributed by atoms with Crippen LogP contribution in [0.25, 0.3) is 11.0 Å². The zero-order chi connectivity index (χ0) is 18.8. The van der Waals surface area contributed by atoms with E-state index in [-0.39, 0.29) is 22.8 Å². The number of carbonyl (C=O) groups is 1. The quantitative estimate of drug-likeness (QED) is 0.227. The zero-order valence-corrected chi connectivity index (χ0v) is 16.5. The minimum Gasteiger partial charge on any atom is -0.506 e. The Morgan fingerprint density at radius 1 is 1.35 bits per heavy atom. The molecular weight excluding hydrogens is 521 g/mol. The third-order valence-corrected chi connectivity index (χ3v) is 4.68. The van der Waals surface area contributed by atoms with E-state index in [1.807, 2.05) is 6.07 Å². The van der Waals surface area contributed by atoms with Crippen molar-refractivity contribution in [3.05, 3.63) is 65.9 Å². The van der Waals surface area contributed by atoms with Crippen molar-refractivity contribution in [1.82, 2.24) is 5.43 Å². The van der Waals surface area contributed by atoms with Crippen LogP contribution in [0.1, 0.15) is 16.1 Å². The molecule has 2 aromatic carbocycles. The van der Waals surface area contributed by atoms with Gasteiger partial charge < -0.3 is 9.52 Å². The maximum absolute atomic E-state index is 12.1. The fraction of sp³-hybridized carbons (Fsp3) is 0. The minimum atomic E-state index is -0.590. The van der Waals surface area contributed by atoms with Crippen LogP contribution in [0, 0.1) is 13.7 Å². The lowest BCUT2D eigenvalue weighted by atomic mass is 10.2. The van der Waals surface area contributed by atoms with Crippen LogP contribution in [0.4, 0.5) is 5.69 Å². The SMILES string of the molecule is O=C(N/N=C/c1cc([N+](=O)[O-])cc(I)c1O)c1cc2cc(Br)ccc2o1. The van der Waals surface area contributed by atoms with Gasteiger partial charge in [-0.05, 0) is 46.9 Å². The second kappa shape index (κ2) is 7.41. The Kier molecular flexibility index (Phi) is 5.23. The predicted octanol–water partition coefficient (Wildman–Crippen LogP) is 4.18. The summed E-state index contributed by atoms with van der Waals surface area (Å²) in [7, 11) is 0. The number of benzene rings is 2. The largest absolute Gasteiger partial charge is 0.506 e. The molecule has 2 N–H and O–H groups in total. The number of halogens is 2. The Labute approximate surface area is 168 Å². The van der Waals surface area contributed by atoms with Gasteiger partial charge in [-0.1, -0.05) is 15.9 Å². The number of carbonyl (C=O) groups excluding carboxylic acids is 1. The van der Waals surface area contributed by atoms with Gasteiger partial charge in [-0.2, -0.15) is 5.10 Å². The number of hydrogen-bond acceptors (Lipinski definition) is 6. The van der Waals surface area contributed by atoms with Crippen LogP contribution in [-0.4, -0.2) is 22.2 Å². The molecular formula is C16H9BrIN3O5. The van der Waals surface area contributed by atoms with E-state index in [0.717, 1.165) is 22.1 Å². The first-order valence-corrected chi connectivity index (χ1v) is 8.92. The standard InChI is InChI=1S/C16H9BrIN3O5/c17-10-1-2-13-8(3-10)5-14(26-13)16(23)20-19-7-9-4-11(21(24)25)6-12(18)15(9)22/h1-7,22H,(H,20,23)/b19-7+. The Hall–Kier alpha value is -2.47. The number of nitro groups is 1. The van der Waals surface area contributed by atoms with Gasteiger partial charge in [0.2, 0.25) is 0 Å². The van der Waals surface area contributed by atoms with Gasteiger partial charge in [0, 0.05) is 27.6 Å². The molecule has 10 heteroatoms. The topological polar surface area (TPSA) is 118 Å². The Balaban J connectivity index is 1.79. The summed E-state index contributed by atoms with van der Waals surface area (Å²) in [5.74, 6) is -0.691. The van der Waals surface area contributed by atoms with Gasteiger partial charge in [-0.3, -0.25) is 14.9 Å². The highest BCUT2D eigenvalue weighted by molar-refractivity contribution is 14.1. The number of non-ortho nitro benzene ring substituents is 1. The van der Waals surface area contributed by atoms with Crippen LogP contribution < -0.4 is 5.43 Å². The molecule has 0 saturated heterocycles. The highest BCUT2D eigenvalue weighted by Crippen LogP contribution is 2.28. The van der Waals surface area contributed by atoms with Crippen molar-refractivity contribution in [3.8, 4) is 5.75 Å². The molecule has 0 radical (unpaired) electrons. The summed E-state index contributed by atoms with van der Waals surface area (Å²) >= 11 is 5.11. The van der Waals surface area contributed by atoms with Crippen molar-refractivity contribution in [2.24, 2.45) is 5.10 Å². The van der Waals surface area contributed by atoms with Gasteiger partial charge in [-0.15, -0.1) is 0 Å². The molecule has 132 valence electrons. The zero-order valence-electron chi connectivity index (χ0n) is 12.8. The molecule has 26 heavy (non-hydrogen) atoms. The van der Waals surface area contributed by atoms with Crippen LogP contribution >= 0.6 is 38.5 Å². The first-order chi connectivity index (χ1) is 12.3. The summed E-state index contributed by atoms with van der Waals surface area (Å²) < 4.78 is 6.59. The summed E-state index contributed by atoms with van der Waals surface area (Å²) in [5, 5.41) is 25.3. The second-order valence-electron chi connectivity index (χ2n) is 5.11. The fourth-order valence-corrected chi connectivity index (χ4v) is 3.16. The van der Waals surface area contributed by atoms with Crippen molar-refractivity contribution < 1.29 is 19.2 Å². The van der Waals surface area contributed by atoms with E-state index in [9.17, 15) is 20.0 Å². The molecule has 1 amide bonds. The number of nitro benzene ring substituents is 1. The maximum Gasteiger partial charge on any atom is 0.307 e. The van der Waals surface area contributed by atoms with Gasteiger partial charge >= 0.3 is 5.91 Å². The summed E-state index contributed by atoms with van der Waals surface area (Å²) in [6.45, 7) is 0. The number of amides is 1. The lowest BCUT2D eigenvalue weighted by molar-refractivity contribution is -0.385. The monoisotopic (exact) mass is 529 g/mol. The second-order valence-corrected chi connectivity index (χ2v) is 7.19. The van der Waals surface area contributed by atoms with E-state index in [1.54, 1.807) is 40.8 Å². The van der Waals surface area contributed by atoms with E-state index in [1.165, 1.54) is 6.07 Å². The molecule has 0 aliphatic rings. The molecule has 0 spiro atoms. The number of hydrazone groups is 1. The van der Waals surface area contributed by atoms with Crippen LogP contribution in [-0.2, 0) is 0 Å². The van der Waals surface area contributed by atoms with Gasteiger partial charge in [0.1, 0.15) is 11.3 Å². The van der Waals surface area contributed by atoms with Gasteiger partial charge in [0.15, 0.2) is 5.76 Å². The van der Waals surface area contributed by atoms with Crippen LogP contribution in [0.5, 0.6) is 5.75 Å². The third kappa shape index (κ3) is 3.85. The predicted molar refractivity (Wildman–Crippen MR) is 106 cm³/mol. The van der Waals surface area contributed by atoms with Crippen LogP contribution in [0.15, 0.2) is 50.4 Å². The summed E-state index contributed by atoms with van der Waals surface area (Å²) in [5.41, 5.74) is 2.73. The van der Waals surface area contributed by atoms with Crippen LogP contribution in [0.2, 0.25) is 0 Å². The average Bonchev–Trinajstić information content (AvgIpc) is 3.01. The number of nitrogens with one attached hydrogen (secondary N) is 1. The number of fused-ring (bicyclic) bond motifs is 1. The average molecular weight is 530 g/mol. The number of aromatic hydroxyl groups is 1. The van der Waals surface area contributed by atoms with Gasteiger partial charge in [-0.25, -0.2) is 5.43 Å². The maximum atomic E-state index is 12.1. The molecule has 1 heterocycles. The normalized spacial score (nSPS) is 11.2. The molecule has 0 saturated carbocycles. The Bertz CT molecular complexity index is 1060. The first kappa shape index (κ1) is 18.3. The van der Waals surface area contributed by atoms with Crippen molar-refractivity contribution in [2.75, 3.05) is 0 Å². The number of furan rings is 1.